The highest BCUT2D eigenvalue weighted by atomic mass is 32.1. The van der Waals surface area contributed by atoms with Crippen LogP contribution < -0.4 is 10.6 Å². The third-order valence-electron chi connectivity index (χ3n) is 4.29. The molecule has 1 heterocycles. The van der Waals surface area contributed by atoms with Gasteiger partial charge in [-0.05, 0) is 60.9 Å². The molecule has 1 aliphatic rings. The molecule has 0 bridgehead atoms. The zero-order valence-corrected chi connectivity index (χ0v) is 15.2. The molecular formula is C21H17FN2O2S. The SMILES string of the molecule is O=C(Nc1cccc(NC(=O)C2CC2)c1)c1ccc(-c2ccc(F)cc2)s1. The molecule has 2 amide bonds. The lowest BCUT2D eigenvalue weighted by molar-refractivity contribution is -0.117. The summed E-state index contributed by atoms with van der Waals surface area (Å²) in [5, 5.41) is 5.72. The molecule has 2 N–H and O–H groups in total. The maximum atomic E-state index is 13.1. The van der Waals surface area contributed by atoms with E-state index in [1.807, 2.05) is 6.07 Å². The highest BCUT2D eigenvalue weighted by molar-refractivity contribution is 7.17. The van der Waals surface area contributed by atoms with Crippen LogP contribution in [0.2, 0.25) is 0 Å². The average molecular weight is 380 g/mol. The average Bonchev–Trinajstić information content (AvgIpc) is 3.40. The van der Waals surface area contributed by atoms with E-state index in [0.717, 1.165) is 23.3 Å². The topological polar surface area (TPSA) is 58.2 Å². The molecule has 1 fully saturated rings. The van der Waals surface area contributed by atoms with Crippen molar-refractivity contribution in [3.8, 4) is 10.4 Å². The predicted octanol–water partition coefficient (Wildman–Crippen LogP) is 5.16. The molecule has 1 saturated carbocycles. The highest BCUT2D eigenvalue weighted by Crippen LogP contribution is 2.31. The lowest BCUT2D eigenvalue weighted by Crippen LogP contribution is -2.14. The van der Waals surface area contributed by atoms with Gasteiger partial charge >= 0.3 is 0 Å². The monoisotopic (exact) mass is 380 g/mol. The molecule has 3 aromatic rings. The Morgan fingerprint density at radius 2 is 1.63 bits per heavy atom. The molecule has 0 unspecified atom stereocenters. The van der Waals surface area contributed by atoms with Crippen LogP contribution in [0.3, 0.4) is 0 Å². The van der Waals surface area contributed by atoms with Crippen LogP contribution in [0.1, 0.15) is 22.5 Å². The van der Waals surface area contributed by atoms with Crippen molar-refractivity contribution >= 4 is 34.5 Å². The van der Waals surface area contributed by atoms with E-state index < -0.39 is 0 Å². The Kier molecular flexibility index (Phi) is 4.73. The van der Waals surface area contributed by atoms with E-state index in [-0.39, 0.29) is 23.5 Å². The predicted molar refractivity (Wildman–Crippen MR) is 105 cm³/mol. The lowest BCUT2D eigenvalue weighted by Gasteiger charge is -2.08. The Morgan fingerprint density at radius 3 is 2.33 bits per heavy atom. The number of anilines is 2. The smallest absolute Gasteiger partial charge is 0.265 e. The van der Waals surface area contributed by atoms with Gasteiger partial charge in [-0.1, -0.05) is 18.2 Å². The van der Waals surface area contributed by atoms with Gasteiger partial charge in [0.1, 0.15) is 5.82 Å². The van der Waals surface area contributed by atoms with Gasteiger partial charge in [0.15, 0.2) is 0 Å². The Hall–Kier alpha value is -2.99. The van der Waals surface area contributed by atoms with E-state index in [1.165, 1.54) is 23.5 Å². The first kappa shape index (κ1) is 17.4. The summed E-state index contributed by atoms with van der Waals surface area (Å²) in [4.78, 5) is 25.8. The summed E-state index contributed by atoms with van der Waals surface area (Å²) in [6.45, 7) is 0. The fourth-order valence-electron chi connectivity index (χ4n) is 2.69. The summed E-state index contributed by atoms with van der Waals surface area (Å²) in [5.74, 6) is -0.360. The zero-order valence-electron chi connectivity index (χ0n) is 14.4. The second kappa shape index (κ2) is 7.32. The fraction of sp³-hybridized carbons (Fsp3) is 0.143. The number of carbonyl (C=O) groups excluding carboxylic acids is 2. The molecule has 4 nitrogen and oxygen atoms in total. The van der Waals surface area contributed by atoms with Gasteiger partial charge in [-0.25, -0.2) is 4.39 Å². The minimum absolute atomic E-state index is 0.0284. The second-order valence-electron chi connectivity index (χ2n) is 6.47. The first-order chi connectivity index (χ1) is 13.1. The Balaban J connectivity index is 1.44. The highest BCUT2D eigenvalue weighted by Gasteiger charge is 2.29. The number of carbonyl (C=O) groups is 2. The number of rotatable bonds is 5. The first-order valence-corrected chi connectivity index (χ1v) is 9.48. The van der Waals surface area contributed by atoms with E-state index in [9.17, 15) is 14.0 Å². The standard InChI is InChI=1S/C21H17FN2O2S/c22-15-8-6-13(7-9-15)18-10-11-19(27-18)21(26)24-17-3-1-2-16(12-17)23-20(25)14-4-5-14/h1-3,6-12,14H,4-5H2,(H,23,25)(H,24,26). The molecule has 0 radical (unpaired) electrons. The molecule has 27 heavy (non-hydrogen) atoms. The van der Waals surface area contributed by atoms with Gasteiger partial charge in [-0.3, -0.25) is 9.59 Å². The fourth-order valence-corrected chi connectivity index (χ4v) is 3.59. The van der Waals surface area contributed by atoms with Crippen molar-refractivity contribution in [2.45, 2.75) is 12.8 Å². The molecule has 0 aliphatic heterocycles. The van der Waals surface area contributed by atoms with E-state index in [1.54, 1.807) is 42.5 Å². The summed E-state index contributed by atoms with van der Waals surface area (Å²) < 4.78 is 13.1. The Labute approximate surface area is 160 Å². The van der Waals surface area contributed by atoms with Crippen LogP contribution in [0.15, 0.2) is 60.7 Å². The van der Waals surface area contributed by atoms with E-state index in [2.05, 4.69) is 10.6 Å². The molecule has 0 atom stereocenters. The molecule has 4 rings (SSSR count). The summed E-state index contributed by atoms with van der Waals surface area (Å²) in [7, 11) is 0. The number of thiophene rings is 1. The van der Waals surface area contributed by atoms with Crippen molar-refractivity contribution in [1.82, 2.24) is 0 Å². The molecule has 1 aromatic heterocycles. The van der Waals surface area contributed by atoms with Crippen LogP contribution in [-0.2, 0) is 4.79 Å². The van der Waals surface area contributed by atoms with Crippen molar-refractivity contribution in [1.29, 1.82) is 0 Å². The van der Waals surface area contributed by atoms with E-state index >= 15 is 0 Å². The molecule has 2 aromatic carbocycles. The van der Waals surface area contributed by atoms with Crippen LogP contribution in [0.4, 0.5) is 15.8 Å². The van der Waals surface area contributed by atoms with Gasteiger partial charge in [0.2, 0.25) is 5.91 Å². The number of benzene rings is 2. The normalized spacial score (nSPS) is 13.2. The van der Waals surface area contributed by atoms with Gasteiger partial charge in [0.05, 0.1) is 4.88 Å². The first-order valence-electron chi connectivity index (χ1n) is 8.66. The zero-order chi connectivity index (χ0) is 18.8. The number of halogens is 1. The molecular weight excluding hydrogens is 363 g/mol. The van der Waals surface area contributed by atoms with E-state index in [0.29, 0.717) is 16.3 Å². The van der Waals surface area contributed by atoms with Crippen LogP contribution >= 0.6 is 11.3 Å². The Morgan fingerprint density at radius 1 is 0.926 bits per heavy atom. The van der Waals surface area contributed by atoms with Crippen molar-refractivity contribution in [3.63, 3.8) is 0 Å². The second-order valence-corrected chi connectivity index (χ2v) is 7.55. The summed E-state index contributed by atoms with van der Waals surface area (Å²) in [6, 6.07) is 16.9. The molecule has 1 aliphatic carbocycles. The van der Waals surface area contributed by atoms with Crippen molar-refractivity contribution in [2.75, 3.05) is 10.6 Å². The van der Waals surface area contributed by atoms with Crippen LogP contribution in [0, 0.1) is 11.7 Å². The van der Waals surface area contributed by atoms with Gasteiger partial charge in [-0.2, -0.15) is 0 Å². The lowest BCUT2D eigenvalue weighted by atomic mass is 10.2. The third kappa shape index (κ3) is 4.23. The van der Waals surface area contributed by atoms with Crippen LogP contribution in [-0.4, -0.2) is 11.8 Å². The van der Waals surface area contributed by atoms with Crippen molar-refractivity contribution < 1.29 is 14.0 Å². The Bertz CT molecular complexity index is 993. The molecule has 0 saturated heterocycles. The van der Waals surface area contributed by atoms with Gasteiger partial charge in [0, 0.05) is 22.2 Å². The minimum Gasteiger partial charge on any atom is -0.326 e. The number of hydrogen-bond acceptors (Lipinski definition) is 3. The summed E-state index contributed by atoms with van der Waals surface area (Å²) in [6.07, 6.45) is 1.88. The number of hydrogen-bond donors (Lipinski definition) is 2. The molecule has 136 valence electrons. The summed E-state index contributed by atoms with van der Waals surface area (Å²) >= 11 is 1.34. The van der Waals surface area contributed by atoms with Crippen molar-refractivity contribution in [3.05, 3.63) is 71.4 Å². The minimum atomic E-state index is -0.290. The van der Waals surface area contributed by atoms with Crippen LogP contribution in [0.25, 0.3) is 10.4 Å². The molecule has 0 spiro atoms. The van der Waals surface area contributed by atoms with Gasteiger partial charge < -0.3 is 10.6 Å². The maximum absolute atomic E-state index is 13.1. The van der Waals surface area contributed by atoms with Gasteiger partial charge in [-0.15, -0.1) is 11.3 Å². The van der Waals surface area contributed by atoms with Crippen LogP contribution in [0.5, 0.6) is 0 Å². The quantitative estimate of drug-likeness (QED) is 0.643. The number of amides is 2. The summed E-state index contributed by atoms with van der Waals surface area (Å²) in [5.41, 5.74) is 2.15. The molecule has 6 heteroatoms. The number of nitrogens with one attached hydrogen (secondary N) is 2. The largest absolute Gasteiger partial charge is 0.326 e. The van der Waals surface area contributed by atoms with Crippen molar-refractivity contribution in [2.24, 2.45) is 5.92 Å². The van der Waals surface area contributed by atoms with Gasteiger partial charge in [0.25, 0.3) is 5.91 Å². The maximum Gasteiger partial charge on any atom is 0.265 e. The van der Waals surface area contributed by atoms with E-state index in [4.69, 9.17) is 0 Å². The third-order valence-corrected chi connectivity index (χ3v) is 5.43.